The van der Waals surface area contributed by atoms with Gasteiger partial charge in [0.2, 0.25) is 0 Å². The van der Waals surface area contributed by atoms with Crippen LogP contribution >= 0.6 is 0 Å². The lowest BCUT2D eigenvalue weighted by molar-refractivity contribution is 0.211. The number of hydrogen-bond donors (Lipinski definition) is 1. The number of benzene rings is 2. The number of carbonyl (C=O) groups is 1. The number of carbonyl (C=O) groups excluding carboxylic acids is 1. The maximum atomic E-state index is 12.6. The van der Waals surface area contributed by atoms with Crippen LogP contribution in [0.4, 0.5) is 10.5 Å². The van der Waals surface area contributed by atoms with E-state index < -0.39 is 0 Å². The zero-order chi connectivity index (χ0) is 20.1. The minimum atomic E-state index is -0.0574. The van der Waals surface area contributed by atoms with Gasteiger partial charge in [0.1, 0.15) is 5.75 Å². The summed E-state index contributed by atoms with van der Waals surface area (Å²) in [5.74, 6) is 0.771. The monoisotopic (exact) mass is 391 g/mol. The van der Waals surface area contributed by atoms with Gasteiger partial charge in [-0.1, -0.05) is 6.07 Å². The van der Waals surface area contributed by atoms with Crippen molar-refractivity contribution >= 4 is 22.8 Å². The fraction of sp³-hybridized carbons (Fsp3) is 0.318. The average molecular weight is 391 g/mol. The molecule has 2 aromatic carbocycles. The molecule has 0 aliphatic carbocycles. The summed E-state index contributed by atoms with van der Waals surface area (Å²) in [6.07, 6.45) is 4.38. The molecule has 0 saturated carbocycles. The minimum absolute atomic E-state index is 0.0574. The van der Waals surface area contributed by atoms with Crippen LogP contribution in [0.15, 0.2) is 54.9 Å². The third kappa shape index (κ3) is 4.81. The lowest BCUT2D eigenvalue weighted by Gasteiger charge is -2.22. The molecule has 7 heteroatoms. The molecule has 4 rings (SSSR count). The molecule has 0 spiro atoms. The molecule has 1 fully saturated rings. The molecule has 3 aromatic rings. The molecule has 0 bridgehead atoms. The zero-order valence-corrected chi connectivity index (χ0v) is 16.5. The molecule has 2 amide bonds. The molecule has 1 aliphatic rings. The SMILES string of the molecule is COc1ccc(NC(=O)N2CCCN(Cc3ccc4nccnc4c3)CC2)cc1. The highest BCUT2D eigenvalue weighted by molar-refractivity contribution is 5.89. The number of aromatic nitrogens is 2. The van der Waals surface area contributed by atoms with Crippen molar-refractivity contribution in [3.8, 4) is 5.75 Å². The summed E-state index contributed by atoms with van der Waals surface area (Å²) in [4.78, 5) is 25.6. The number of urea groups is 1. The summed E-state index contributed by atoms with van der Waals surface area (Å²) in [6.45, 7) is 4.11. The van der Waals surface area contributed by atoms with Crippen molar-refractivity contribution in [3.05, 3.63) is 60.4 Å². The van der Waals surface area contributed by atoms with Crippen molar-refractivity contribution in [2.24, 2.45) is 0 Å². The van der Waals surface area contributed by atoms with Crippen LogP contribution in [0.25, 0.3) is 11.0 Å². The lowest BCUT2D eigenvalue weighted by atomic mass is 10.1. The van der Waals surface area contributed by atoms with Crippen molar-refractivity contribution in [3.63, 3.8) is 0 Å². The molecule has 1 N–H and O–H groups in total. The number of nitrogens with one attached hydrogen (secondary N) is 1. The number of amides is 2. The molecule has 0 atom stereocenters. The summed E-state index contributed by atoms with van der Waals surface area (Å²) < 4.78 is 5.16. The number of ether oxygens (including phenoxy) is 1. The summed E-state index contributed by atoms with van der Waals surface area (Å²) in [6, 6.07) is 13.5. The smallest absolute Gasteiger partial charge is 0.321 e. The van der Waals surface area contributed by atoms with Crippen molar-refractivity contribution in [2.45, 2.75) is 13.0 Å². The summed E-state index contributed by atoms with van der Waals surface area (Å²) in [5, 5.41) is 2.97. The van der Waals surface area contributed by atoms with Crippen molar-refractivity contribution in [1.29, 1.82) is 0 Å². The standard InChI is InChI=1S/C22H25N5O2/c1-29-19-6-4-18(5-7-19)25-22(28)27-12-2-11-26(13-14-27)16-17-3-8-20-21(15-17)24-10-9-23-20/h3-10,15H,2,11-14,16H2,1H3,(H,25,28). The molecule has 1 saturated heterocycles. The first-order valence-corrected chi connectivity index (χ1v) is 9.83. The van der Waals surface area contributed by atoms with Gasteiger partial charge in [0.15, 0.2) is 0 Å². The van der Waals surface area contributed by atoms with Gasteiger partial charge in [0.25, 0.3) is 0 Å². The van der Waals surface area contributed by atoms with Crippen LogP contribution in [0, 0.1) is 0 Å². The Morgan fingerprint density at radius 1 is 1.00 bits per heavy atom. The van der Waals surface area contributed by atoms with Crippen LogP contribution in [0.1, 0.15) is 12.0 Å². The van der Waals surface area contributed by atoms with Gasteiger partial charge in [-0.2, -0.15) is 0 Å². The summed E-state index contributed by atoms with van der Waals surface area (Å²) in [5.41, 5.74) is 3.82. The first-order valence-electron chi connectivity index (χ1n) is 9.83. The number of fused-ring (bicyclic) bond motifs is 1. The van der Waals surface area contributed by atoms with Gasteiger partial charge >= 0.3 is 6.03 Å². The highest BCUT2D eigenvalue weighted by Gasteiger charge is 2.19. The fourth-order valence-electron chi connectivity index (χ4n) is 3.57. The molecule has 1 aromatic heterocycles. The van der Waals surface area contributed by atoms with E-state index in [2.05, 4.69) is 32.3 Å². The third-order valence-corrected chi connectivity index (χ3v) is 5.16. The van der Waals surface area contributed by atoms with Crippen molar-refractivity contribution in [2.75, 3.05) is 38.6 Å². The van der Waals surface area contributed by atoms with E-state index >= 15 is 0 Å². The highest BCUT2D eigenvalue weighted by Crippen LogP contribution is 2.17. The maximum absolute atomic E-state index is 12.6. The third-order valence-electron chi connectivity index (χ3n) is 5.16. The van der Waals surface area contributed by atoms with Crippen LogP contribution < -0.4 is 10.1 Å². The number of methoxy groups -OCH3 is 1. The largest absolute Gasteiger partial charge is 0.497 e. The molecule has 2 heterocycles. The Hall–Kier alpha value is -3.19. The van der Waals surface area contributed by atoms with E-state index in [0.717, 1.165) is 55.1 Å². The van der Waals surface area contributed by atoms with E-state index in [1.54, 1.807) is 19.5 Å². The molecule has 0 radical (unpaired) electrons. The molecular formula is C22H25N5O2. The molecule has 0 unspecified atom stereocenters. The maximum Gasteiger partial charge on any atom is 0.321 e. The molecule has 29 heavy (non-hydrogen) atoms. The molecule has 150 valence electrons. The van der Waals surface area contributed by atoms with E-state index in [1.165, 1.54) is 5.56 Å². The summed E-state index contributed by atoms with van der Waals surface area (Å²) >= 11 is 0. The normalized spacial score (nSPS) is 15.1. The van der Waals surface area contributed by atoms with E-state index in [4.69, 9.17) is 4.74 Å². The lowest BCUT2D eigenvalue weighted by Crippen LogP contribution is -2.38. The first kappa shape index (κ1) is 19.1. The van der Waals surface area contributed by atoms with Gasteiger partial charge in [-0.3, -0.25) is 14.9 Å². The molecule has 1 aliphatic heterocycles. The topological polar surface area (TPSA) is 70.6 Å². The molecule has 7 nitrogen and oxygen atoms in total. The van der Waals surface area contributed by atoms with Gasteiger partial charge < -0.3 is 15.0 Å². The van der Waals surface area contributed by atoms with E-state index in [0.29, 0.717) is 6.54 Å². The Labute approximate surface area is 170 Å². The Morgan fingerprint density at radius 2 is 1.79 bits per heavy atom. The Balaban J connectivity index is 1.33. The van der Waals surface area contributed by atoms with Gasteiger partial charge in [-0.15, -0.1) is 0 Å². The first-order chi connectivity index (χ1) is 14.2. The Morgan fingerprint density at radius 3 is 2.59 bits per heavy atom. The summed E-state index contributed by atoms with van der Waals surface area (Å²) in [7, 11) is 1.63. The second kappa shape index (κ2) is 8.87. The van der Waals surface area contributed by atoms with Crippen LogP contribution in [0.5, 0.6) is 5.75 Å². The Kier molecular flexibility index (Phi) is 5.86. The van der Waals surface area contributed by atoms with Crippen LogP contribution in [0.2, 0.25) is 0 Å². The Bertz CT molecular complexity index is 976. The average Bonchev–Trinajstić information content (AvgIpc) is 3.00. The van der Waals surface area contributed by atoms with Gasteiger partial charge in [-0.25, -0.2) is 4.79 Å². The van der Waals surface area contributed by atoms with Crippen LogP contribution in [-0.2, 0) is 6.54 Å². The van der Waals surface area contributed by atoms with Gasteiger partial charge in [0.05, 0.1) is 18.1 Å². The highest BCUT2D eigenvalue weighted by atomic mass is 16.5. The van der Waals surface area contributed by atoms with Crippen LogP contribution in [-0.4, -0.2) is 59.1 Å². The zero-order valence-electron chi connectivity index (χ0n) is 16.5. The number of rotatable bonds is 4. The minimum Gasteiger partial charge on any atom is -0.497 e. The quantitative estimate of drug-likeness (QED) is 0.738. The van der Waals surface area contributed by atoms with Crippen LogP contribution in [0.3, 0.4) is 0 Å². The van der Waals surface area contributed by atoms with E-state index in [9.17, 15) is 4.79 Å². The predicted molar refractivity (Wildman–Crippen MR) is 113 cm³/mol. The molecular weight excluding hydrogens is 366 g/mol. The number of anilines is 1. The second-order valence-corrected chi connectivity index (χ2v) is 7.15. The van der Waals surface area contributed by atoms with E-state index in [1.807, 2.05) is 35.2 Å². The van der Waals surface area contributed by atoms with Gasteiger partial charge in [-0.05, 0) is 48.4 Å². The predicted octanol–water partition coefficient (Wildman–Crippen LogP) is 3.38. The number of hydrogen-bond acceptors (Lipinski definition) is 5. The number of nitrogens with zero attached hydrogens (tertiary/aromatic N) is 4. The second-order valence-electron chi connectivity index (χ2n) is 7.15. The fourth-order valence-corrected chi connectivity index (χ4v) is 3.57. The van der Waals surface area contributed by atoms with Gasteiger partial charge in [0, 0.05) is 50.8 Å². The van der Waals surface area contributed by atoms with Crippen molar-refractivity contribution in [1.82, 2.24) is 19.8 Å². The van der Waals surface area contributed by atoms with Crippen molar-refractivity contribution < 1.29 is 9.53 Å². The van der Waals surface area contributed by atoms with E-state index in [-0.39, 0.29) is 6.03 Å².